The highest BCUT2D eigenvalue weighted by molar-refractivity contribution is 5.91. The summed E-state index contributed by atoms with van der Waals surface area (Å²) in [5, 5.41) is 11.6. The van der Waals surface area contributed by atoms with Gasteiger partial charge in [0.05, 0.1) is 51.1 Å². The van der Waals surface area contributed by atoms with Crippen molar-refractivity contribution in [3.8, 4) is 11.5 Å². The Labute approximate surface area is 203 Å². The number of fused-ring (bicyclic) bond motifs is 1. The molecule has 0 radical (unpaired) electrons. The quantitative estimate of drug-likeness (QED) is 0.408. The molecule has 3 rings (SSSR count). The first-order valence-corrected chi connectivity index (χ1v) is 11.1. The molecule has 0 saturated heterocycles. The van der Waals surface area contributed by atoms with Crippen LogP contribution in [0.3, 0.4) is 0 Å². The van der Waals surface area contributed by atoms with E-state index in [9.17, 15) is 19.7 Å². The maximum Gasteiger partial charge on any atom is 0.414 e. The van der Waals surface area contributed by atoms with Gasteiger partial charge in [0.15, 0.2) is 11.5 Å². The van der Waals surface area contributed by atoms with Gasteiger partial charge in [-0.25, -0.2) is 9.59 Å². The molecule has 2 atom stereocenters. The van der Waals surface area contributed by atoms with E-state index in [0.29, 0.717) is 34.7 Å². The van der Waals surface area contributed by atoms with Crippen LogP contribution in [0.1, 0.15) is 37.4 Å². The van der Waals surface area contributed by atoms with E-state index in [1.807, 2.05) is 6.92 Å². The highest BCUT2D eigenvalue weighted by Gasteiger charge is 2.40. The second kappa shape index (κ2) is 10.9. The fraction of sp³-hybridized carbons (Fsp3) is 0.417. The first-order chi connectivity index (χ1) is 16.8. The molecule has 11 heteroatoms. The number of nitro groups is 1. The number of methoxy groups -OCH3 is 3. The number of para-hydroxylation sites is 1. The summed E-state index contributed by atoms with van der Waals surface area (Å²) in [7, 11) is 4.22. The molecule has 11 nitrogen and oxygen atoms in total. The smallest absolute Gasteiger partial charge is 0.414 e. The lowest BCUT2D eigenvalue weighted by Crippen LogP contribution is -2.47. The SMILES string of the molecule is CCOC(=O)N1c2cc(OC)c(OC)cc2[C@H](N(Cc2ccccc2[N+](=O)[O-])C(=O)OC)C[C@@H]1C. The average Bonchev–Trinajstić information content (AvgIpc) is 2.85. The van der Waals surface area contributed by atoms with Gasteiger partial charge in [0.1, 0.15) is 0 Å². The molecule has 0 aromatic heterocycles. The van der Waals surface area contributed by atoms with Crippen LogP contribution in [0.25, 0.3) is 0 Å². The molecule has 188 valence electrons. The van der Waals surface area contributed by atoms with Crippen molar-refractivity contribution in [1.29, 1.82) is 0 Å². The van der Waals surface area contributed by atoms with E-state index in [0.717, 1.165) is 0 Å². The van der Waals surface area contributed by atoms with Crippen LogP contribution in [0, 0.1) is 10.1 Å². The number of benzene rings is 2. The van der Waals surface area contributed by atoms with Crippen LogP contribution >= 0.6 is 0 Å². The van der Waals surface area contributed by atoms with Gasteiger partial charge in [0.25, 0.3) is 5.69 Å². The Hall–Kier alpha value is -4.02. The lowest BCUT2D eigenvalue weighted by molar-refractivity contribution is -0.385. The van der Waals surface area contributed by atoms with Gasteiger partial charge in [0.2, 0.25) is 0 Å². The molecule has 0 saturated carbocycles. The van der Waals surface area contributed by atoms with E-state index >= 15 is 0 Å². The van der Waals surface area contributed by atoms with Crippen molar-refractivity contribution in [2.45, 2.75) is 38.9 Å². The van der Waals surface area contributed by atoms with Gasteiger partial charge in [-0.2, -0.15) is 0 Å². The largest absolute Gasteiger partial charge is 0.493 e. The molecule has 1 aliphatic rings. The molecule has 35 heavy (non-hydrogen) atoms. The molecule has 2 aromatic carbocycles. The first-order valence-electron chi connectivity index (χ1n) is 11.1. The van der Waals surface area contributed by atoms with E-state index in [1.54, 1.807) is 37.3 Å². The number of rotatable bonds is 7. The van der Waals surface area contributed by atoms with Gasteiger partial charge in [-0.1, -0.05) is 18.2 Å². The molecule has 0 aliphatic carbocycles. The van der Waals surface area contributed by atoms with E-state index in [-0.39, 0.29) is 24.9 Å². The van der Waals surface area contributed by atoms with Crippen molar-refractivity contribution in [3.05, 3.63) is 57.6 Å². The Kier molecular flexibility index (Phi) is 8.00. The minimum Gasteiger partial charge on any atom is -0.493 e. The molecule has 2 aromatic rings. The third-order valence-electron chi connectivity index (χ3n) is 5.94. The minimum absolute atomic E-state index is 0.0750. The Morgan fingerprint density at radius 1 is 1.14 bits per heavy atom. The second-order valence-electron chi connectivity index (χ2n) is 7.92. The number of hydrogen-bond donors (Lipinski definition) is 0. The monoisotopic (exact) mass is 487 g/mol. The van der Waals surface area contributed by atoms with Crippen molar-refractivity contribution in [3.63, 3.8) is 0 Å². The number of carbonyl (C=O) groups excluding carboxylic acids is 2. The van der Waals surface area contributed by atoms with Crippen LogP contribution in [0.2, 0.25) is 0 Å². The highest BCUT2D eigenvalue weighted by Crippen LogP contribution is 2.46. The van der Waals surface area contributed by atoms with Crippen LogP contribution in [0.15, 0.2) is 36.4 Å². The van der Waals surface area contributed by atoms with Crippen LogP contribution in [-0.2, 0) is 16.0 Å². The molecule has 0 bridgehead atoms. The lowest BCUT2D eigenvalue weighted by Gasteiger charge is -2.42. The summed E-state index contributed by atoms with van der Waals surface area (Å²) >= 11 is 0. The van der Waals surface area contributed by atoms with E-state index < -0.39 is 23.2 Å². The summed E-state index contributed by atoms with van der Waals surface area (Å²) in [6.45, 7) is 3.68. The standard InChI is InChI=1S/C24H29N3O8/c1-6-35-24(29)26-15(2)11-19(17-12-21(32-3)22(33-4)13-20(17)26)25(23(28)34-5)14-16-9-7-8-10-18(16)27(30)31/h7-10,12-13,15,19H,6,11,14H2,1-5H3/t15-,19+/m0/s1. The van der Waals surface area contributed by atoms with Crippen molar-refractivity contribution in [2.24, 2.45) is 0 Å². The average molecular weight is 488 g/mol. The molecule has 0 spiro atoms. The summed E-state index contributed by atoms with van der Waals surface area (Å²) in [6, 6.07) is 8.63. The molecule has 2 amide bonds. The van der Waals surface area contributed by atoms with Crippen molar-refractivity contribution < 1.29 is 33.5 Å². The third-order valence-corrected chi connectivity index (χ3v) is 5.94. The van der Waals surface area contributed by atoms with Gasteiger partial charge < -0.3 is 18.9 Å². The topological polar surface area (TPSA) is 121 Å². The molecular formula is C24H29N3O8. The van der Waals surface area contributed by atoms with E-state index in [1.165, 1.54) is 37.2 Å². The number of ether oxygens (including phenoxy) is 4. The molecular weight excluding hydrogens is 458 g/mol. The van der Waals surface area contributed by atoms with Crippen molar-refractivity contribution >= 4 is 23.6 Å². The van der Waals surface area contributed by atoms with E-state index in [4.69, 9.17) is 18.9 Å². The molecule has 1 aliphatic heterocycles. The van der Waals surface area contributed by atoms with Crippen LogP contribution in [-0.4, -0.2) is 56.0 Å². The second-order valence-corrected chi connectivity index (χ2v) is 7.92. The number of nitro benzene ring substituents is 1. The Morgan fingerprint density at radius 2 is 1.80 bits per heavy atom. The Balaban J connectivity index is 2.17. The summed E-state index contributed by atoms with van der Waals surface area (Å²) in [5.41, 5.74) is 1.33. The van der Waals surface area contributed by atoms with Gasteiger partial charge >= 0.3 is 12.2 Å². The van der Waals surface area contributed by atoms with Crippen LogP contribution in [0.4, 0.5) is 21.0 Å². The summed E-state index contributed by atoms with van der Waals surface area (Å²) < 4.78 is 21.3. The minimum atomic E-state index is -0.661. The number of anilines is 1. The zero-order valence-corrected chi connectivity index (χ0v) is 20.3. The molecule has 1 heterocycles. The van der Waals surface area contributed by atoms with Gasteiger partial charge in [0, 0.05) is 29.3 Å². The number of amides is 2. The van der Waals surface area contributed by atoms with Crippen LogP contribution < -0.4 is 14.4 Å². The summed E-state index contributed by atoms with van der Waals surface area (Å²) in [6.07, 6.45) is -0.863. The number of nitrogens with zero attached hydrogens (tertiary/aromatic N) is 3. The third kappa shape index (κ3) is 5.08. The zero-order valence-electron chi connectivity index (χ0n) is 20.3. The molecule has 0 unspecified atom stereocenters. The van der Waals surface area contributed by atoms with Crippen molar-refractivity contribution in [2.75, 3.05) is 32.8 Å². The molecule has 0 fully saturated rings. The fourth-order valence-corrected chi connectivity index (χ4v) is 4.34. The first kappa shape index (κ1) is 25.6. The van der Waals surface area contributed by atoms with Crippen molar-refractivity contribution in [1.82, 2.24) is 4.90 Å². The number of carbonyl (C=O) groups is 2. The predicted molar refractivity (Wildman–Crippen MR) is 127 cm³/mol. The maximum absolute atomic E-state index is 13.0. The Morgan fingerprint density at radius 3 is 2.40 bits per heavy atom. The lowest BCUT2D eigenvalue weighted by atomic mass is 9.90. The summed E-state index contributed by atoms with van der Waals surface area (Å²) in [4.78, 5) is 39.9. The zero-order chi connectivity index (χ0) is 25.7. The van der Waals surface area contributed by atoms with E-state index in [2.05, 4.69) is 0 Å². The fourth-order valence-electron chi connectivity index (χ4n) is 4.34. The maximum atomic E-state index is 13.0. The summed E-state index contributed by atoms with van der Waals surface area (Å²) in [5.74, 6) is 0.807. The van der Waals surface area contributed by atoms with Crippen LogP contribution in [0.5, 0.6) is 11.5 Å². The Bertz CT molecular complexity index is 1110. The number of hydrogen-bond acceptors (Lipinski definition) is 8. The predicted octanol–water partition coefficient (Wildman–Crippen LogP) is 4.68. The molecule has 0 N–H and O–H groups in total. The van der Waals surface area contributed by atoms with Gasteiger partial charge in [-0.3, -0.25) is 19.9 Å². The normalized spacial score (nSPS) is 16.7. The van der Waals surface area contributed by atoms with Gasteiger partial charge in [-0.05, 0) is 26.3 Å². The van der Waals surface area contributed by atoms with Gasteiger partial charge in [-0.15, -0.1) is 0 Å². The highest BCUT2D eigenvalue weighted by atomic mass is 16.6.